The Morgan fingerprint density at radius 1 is 0.692 bits per heavy atom. The summed E-state index contributed by atoms with van der Waals surface area (Å²) in [4.78, 5) is 0. The van der Waals surface area contributed by atoms with E-state index in [1.165, 1.54) is 57.8 Å². The standard InChI is InChI=1S/C12H23N/c13-12-9-5-4-8-11(12)10-6-2-1-3-7-10/h10-12H,1-9,13H2/p+1/t11-,12-/m1/s1. The summed E-state index contributed by atoms with van der Waals surface area (Å²) in [6, 6.07) is 0.789. The molecule has 0 aromatic rings. The zero-order valence-corrected chi connectivity index (χ0v) is 8.80. The van der Waals surface area contributed by atoms with Crippen molar-refractivity contribution in [2.45, 2.75) is 63.8 Å². The number of hydrogen-bond acceptors (Lipinski definition) is 0. The highest BCUT2D eigenvalue weighted by molar-refractivity contribution is 4.81. The van der Waals surface area contributed by atoms with Gasteiger partial charge in [-0.3, -0.25) is 0 Å². The summed E-state index contributed by atoms with van der Waals surface area (Å²) < 4.78 is 0. The van der Waals surface area contributed by atoms with Crippen molar-refractivity contribution in [2.24, 2.45) is 11.8 Å². The molecule has 0 amide bonds. The van der Waals surface area contributed by atoms with Gasteiger partial charge in [-0.05, 0) is 38.0 Å². The van der Waals surface area contributed by atoms with Crippen molar-refractivity contribution in [2.75, 3.05) is 0 Å². The van der Waals surface area contributed by atoms with Crippen LogP contribution in [0.3, 0.4) is 0 Å². The van der Waals surface area contributed by atoms with Crippen molar-refractivity contribution in [1.29, 1.82) is 0 Å². The van der Waals surface area contributed by atoms with E-state index >= 15 is 0 Å². The van der Waals surface area contributed by atoms with Crippen LogP contribution in [0.1, 0.15) is 57.8 Å². The van der Waals surface area contributed by atoms with Gasteiger partial charge in [0, 0.05) is 5.92 Å². The Kier molecular flexibility index (Phi) is 3.26. The van der Waals surface area contributed by atoms with E-state index in [4.69, 9.17) is 0 Å². The van der Waals surface area contributed by atoms with Gasteiger partial charge < -0.3 is 5.73 Å². The van der Waals surface area contributed by atoms with Crippen LogP contribution < -0.4 is 5.73 Å². The highest BCUT2D eigenvalue weighted by Gasteiger charge is 2.32. The average Bonchev–Trinajstić information content (AvgIpc) is 2.20. The Bertz CT molecular complexity index is 149. The first-order valence-electron chi connectivity index (χ1n) is 6.21. The zero-order chi connectivity index (χ0) is 9.10. The lowest BCUT2D eigenvalue weighted by atomic mass is 9.71. The van der Waals surface area contributed by atoms with Crippen LogP contribution in [-0.4, -0.2) is 6.04 Å². The monoisotopic (exact) mass is 182 g/mol. The van der Waals surface area contributed by atoms with E-state index in [2.05, 4.69) is 5.73 Å². The Labute approximate surface area is 82.1 Å². The van der Waals surface area contributed by atoms with E-state index < -0.39 is 0 Å². The second-order valence-corrected chi connectivity index (χ2v) is 5.11. The molecule has 0 bridgehead atoms. The molecular weight excluding hydrogens is 158 g/mol. The third-order valence-electron chi connectivity index (χ3n) is 4.22. The summed E-state index contributed by atoms with van der Waals surface area (Å²) in [5.74, 6) is 2.05. The van der Waals surface area contributed by atoms with Gasteiger partial charge in [0.1, 0.15) is 0 Å². The van der Waals surface area contributed by atoms with Gasteiger partial charge in [-0.15, -0.1) is 0 Å². The molecule has 0 radical (unpaired) electrons. The molecule has 0 heterocycles. The predicted molar refractivity (Wildman–Crippen MR) is 55.2 cm³/mol. The number of hydrogen-bond donors (Lipinski definition) is 1. The normalized spacial score (nSPS) is 37.6. The van der Waals surface area contributed by atoms with Crippen molar-refractivity contribution in [1.82, 2.24) is 0 Å². The van der Waals surface area contributed by atoms with Gasteiger partial charge in [-0.2, -0.15) is 0 Å². The van der Waals surface area contributed by atoms with Crippen LogP contribution >= 0.6 is 0 Å². The van der Waals surface area contributed by atoms with Crippen LogP contribution in [0.4, 0.5) is 0 Å². The summed E-state index contributed by atoms with van der Waals surface area (Å²) in [5, 5.41) is 0. The molecule has 2 atom stereocenters. The van der Waals surface area contributed by atoms with Crippen molar-refractivity contribution in [3.63, 3.8) is 0 Å². The molecular formula is C12H24N+. The Balaban J connectivity index is 1.88. The molecule has 0 unspecified atom stereocenters. The maximum atomic E-state index is 4.35. The van der Waals surface area contributed by atoms with Crippen molar-refractivity contribution < 1.29 is 5.73 Å². The van der Waals surface area contributed by atoms with Crippen LogP contribution in [0.2, 0.25) is 0 Å². The maximum absolute atomic E-state index is 4.35. The molecule has 0 aliphatic heterocycles. The molecule has 1 heteroatoms. The summed E-state index contributed by atoms with van der Waals surface area (Å²) >= 11 is 0. The first-order valence-corrected chi connectivity index (χ1v) is 6.21. The van der Waals surface area contributed by atoms with Crippen LogP contribution in [0.25, 0.3) is 0 Å². The predicted octanol–water partition coefficient (Wildman–Crippen LogP) is 2.37. The van der Waals surface area contributed by atoms with Crippen LogP contribution in [0.5, 0.6) is 0 Å². The average molecular weight is 182 g/mol. The molecule has 13 heavy (non-hydrogen) atoms. The molecule has 1 nitrogen and oxygen atoms in total. The molecule has 0 spiro atoms. The minimum atomic E-state index is 0.789. The first kappa shape index (κ1) is 9.51. The molecule has 0 saturated heterocycles. The molecule has 2 rings (SSSR count). The van der Waals surface area contributed by atoms with E-state index in [9.17, 15) is 0 Å². The highest BCUT2D eigenvalue weighted by atomic mass is 14.7. The van der Waals surface area contributed by atoms with Gasteiger partial charge in [0.2, 0.25) is 0 Å². The maximum Gasteiger partial charge on any atom is 0.0874 e. The molecule has 76 valence electrons. The Morgan fingerprint density at radius 3 is 2.00 bits per heavy atom. The van der Waals surface area contributed by atoms with Gasteiger partial charge >= 0.3 is 0 Å². The molecule has 0 aromatic carbocycles. The van der Waals surface area contributed by atoms with Gasteiger partial charge in [-0.25, -0.2) is 0 Å². The molecule has 3 N–H and O–H groups in total. The summed E-state index contributed by atoms with van der Waals surface area (Å²) in [6.07, 6.45) is 13.3. The second kappa shape index (κ2) is 4.45. The van der Waals surface area contributed by atoms with Crippen LogP contribution in [-0.2, 0) is 0 Å². The van der Waals surface area contributed by atoms with Crippen molar-refractivity contribution in [3.05, 3.63) is 0 Å². The van der Waals surface area contributed by atoms with E-state index in [1.807, 2.05) is 0 Å². The smallest absolute Gasteiger partial charge is 0.0874 e. The van der Waals surface area contributed by atoms with Gasteiger partial charge in [0.25, 0.3) is 0 Å². The molecule has 2 aliphatic rings. The topological polar surface area (TPSA) is 27.6 Å². The Morgan fingerprint density at radius 2 is 1.31 bits per heavy atom. The lowest BCUT2D eigenvalue weighted by molar-refractivity contribution is -0.442. The van der Waals surface area contributed by atoms with E-state index in [-0.39, 0.29) is 0 Å². The second-order valence-electron chi connectivity index (χ2n) is 5.11. The van der Waals surface area contributed by atoms with Gasteiger partial charge in [0.15, 0.2) is 0 Å². The van der Waals surface area contributed by atoms with Crippen molar-refractivity contribution >= 4 is 0 Å². The SMILES string of the molecule is [NH3+][C@@H]1CCCC[C@@H]1C1CCCCC1. The van der Waals surface area contributed by atoms with Crippen molar-refractivity contribution in [3.8, 4) is 0 Å². The highest BCUT2D eigenvalue weighted by Crippen LogP contribution is 2.36. The van der Waals surface area contributed by atoms with Crippen LogP contribution in [0, 0.1) is 11.8 Å². The number of rotatable bonds is 1. The van der Waals surface area contributed by atoms with Gasteiger partial charge in [-0.1, -0.05) is 25.7 Å². The largest absolute Gasteiger partial charge is 0.355 e. The fourth-order valence-corrected chi connectivity index (χ4v) is 3.42. The van der Waals surface area contributed by atoms with Gasteiger partial charge in [0.05, 0.1) is 6.04 Å². The zero-order valence-electron chi connectivity index (χ0n) is 8.80. The summed E-state index contributed by atoms with van der Waals surface area (Å²) in [7, 11) is 0. The van der Waals surface area contributed by atoms with E-state index in [0.29, 0.717) is 0 Å². The minimum Gasteiger partial charge on any atom is -0.355 e. The fraction of sp³-hybridized carbons (Fsp3) is 1.00. The molecule has 2 fully saturated rings. The summed E-state index contributed by atoms with van der Waals surface area (Å²) in [6.45, 7) is 0. The Hall–Kier alpha value is -0.0400. The molecule has 0 aromatic heterocycles. The van der Waals surface area contributed by atoms with E-state index in [1.54, 1.807) is 0 Å². The number of quaternary nitrogens is 1. The third-order valence-corrected chi connectivity index (χ3v) is 4.22. The van der Waals surface area contributed by atoms with Crippen LogP contribution in [0.15, 0.2) is 0 Å². The van der Waals surface area contributed by atoms with E-state index in [0.717, 1.165) is 17.9 Å². The first-order chi connectivity index (χ1) is 6.38. The summed E-state index contributed by atoms with van der Waals surface area (Å²) in [5.41, 5.74) is 4.35. The fourth-order valence-electron chi connectivity index (χ4n) is 3.42. The minimum absolute atomic E-state index is 0.789. The lowest BCUT2D eigenvalue weighted by Gasteiger charge is -2.35. The molecule has 2 aliphatic carbocycles. The molecule has 2 saturated carbocycles. The lowest BCUT2D eigenvalue weighted by Crippen LogP contribution is -2.66. The quantitative estimate of drug-likeness (QED) is 0.645. The third kappa shape index (κ3) is 2.25.